The van der Waals surface area contributed by atoms with Gasteiger partial charge in [0, 0.05) is 18.7 Å². The lowest BCUT2D eigenvalue weighted by Crippen LogP contribution is -2.32. The van der Waals surface area contributed by atoms with E-state index in [9.17, 15) is 14.4 Å². The number of esters is 1. The summed E-state index contributed by atoms with van der Waals surface area (Å²) >= 11 is 1.34. The first-order chi connectivity index (χ1) is 11.1. The molecule has 1 atom stereocenters. The van der Waals surface area contributed by atoms with E-state index in [0.717, 1.165) is 5.17 Å². The number of thioether (sulfide) groups is 1. The molecule has 0 bridgehead atoms. The van der Waals surface area contributed by atoms with Gasteiger partial charge in [0.15, 0.2) is 5.17 Å². The summed E-state index contributed by atoms with van der Waals surface area (Å²) in [5.74, 6) is -0.733. The molecule has 2 heterocycles. The number of benzene rings is 1. The Morgan fingerprint density at radius 1 is 1.39 bits per heavy atom. The summed E-state index contributed by atoms with van der Waals surface area (Å²) in [6.45, 7) is 1.24. The molecule has 1 aromatic carbocycles. The van der Waals surface area contributed by atoms with Gasteiger partial charge in [-0.15, -0.1) is 0 Å². The number of hydrogen-bond donors (Lipinski definition) is 1. The molecule has 7 nitrogen and oxygen atoms in total. The van der Waals surface area contributed by atoms with Crippen LogP contribution >= 0.6 is 11.8 Å². The van der Waals surface area contributed by atoms with E-state index >= 15 is 0 Å². The molecule has 0 spiro atoms. The van der Waals surface area contributed by atoms with Crippen molar-refractivity contribution in [3.63, 3.8) is 0 Å². The van der Waals surface area contributed by atoms with Crippen molar-refractivity contribution in [3.8, 4) is 0 Å². The first kappa shape index (κ1) is 15.5. The van der Waals surface area contributed by atoms with Crippen LogP contribution in [0.1, 0.15) is 16.8 Å². The van der Waals surface area contributed by atoms with Crippen molar-refractivity contribution in [2.75, 3.05) is 25.5 Å². The fourth-order valence-corrected chi connectivity index (χ4v) is 3.59. The van der Waals surface area contributed by atoms with Gasteiger partial charge in [0.25, 0.3) is 0 Å². The van der Waals surface area contributed by atoms with E-state index in [-0.39, 0.29) is 18.2 Å². The molecule has 120 valence electrons. The van der Waals surface area contributed by atoms with E-state index in [0.29, 0.717) is 24.3 Å². The third-order valence-electron chi connectivity index (χ3n) is 3.55. The van der Waals surface area contributed by atoms with Gasteiger partial charge in [0.05, 0.1) is 19.2 Å². The highest BCUT2D eigenvalue weighted by molar-refractivity contribution is 8.15. The standard InChI is InChI=1S/C15H15N3O4S/c1-22-14(21)9-2-4-10(5-3-9)17-12(19)8-11-13(20)18-7-6-16-15(18)23-11/h2-5,11H,6-8H2,1H3,(H,17,19)/t11-/m1/s1. The van der Waals surface area contributed by atoms with E-state index in [4.69, 9.17) is 0 Å². The lowest BCUT2D eigenvalue weighted by molar-refractivity contribution is -0.127. The van der Waals surface area contributed by atoms with Gasteiger partial charge in [-0.2, -0.15) is 0 Å². The lowest BCUT2D eigenvalue weighted by Gasteiger charge is -2.10. The SMILES string of the molecule is COC(=O)c1ccc(NC(=O)C[C@H]2SC3=NCCN3C2=O)cc1. The third-order valence-corrected chi connectivity index (χ3v) is 4.76. The van der Waals surface area contributed by atoms with Crippen molar-refractivity contribution < 1.29 is 19.1 Å². The van der Waals surface area contributed by atoms with Crippen molar-refractivity contribution in [2.24, 2.45) is 4.99 Å². The number of aliphatic imine (C=N–C) groups is 1. The fraction of sp³-hybridized carbons (Fsp3) is 0.333. The Morgan fingerprint density at radius 2 is 2.13 bits per heavy atom. The quantitative estimate of drug-likeness (QED) is 0.834. The van der Waals surface area contributed by atoms with Gasteiger partial charge in [0.1, 0.15) is 5.25 Å². The average molecular weight is 333 g/mol. The summed E-state index contributed by atoms with van der Waals surface area (Å²) in [7, 11) is 1.31. The van der Waals surface area contributed by atoms with Crippen LogP contribution in [0, 0.1) is 0 Å². The van der Waals surface area contributed by atoms with Crippen molar-refractivity contribution in [1.29, 1.82) is 0 Å². The topological polar surface area (TPSA) is 88.1 Å². The molecule has 1 N–H and O–H groups in total. The molecule has 3 rings (SSSR count). The smallest absolute Gasteiger partial charge is 0.337 e. The van der Waals surface area contributed by atoms with Crippen LogP contribution in [0.4, 0.5) is 5.69 Å². The van der Waals surface area contributed by atoms with E-state index < -0.39 is 11.2 Å². The Labute approximate surface area is 137 Å². The number of anilines is 1. The summed E-state index contributed by atoms with van der Waals surface area (Å²) in [5, 5.41) is 3.03. The molecule has 1 saturated heterocycles. The summed E-state index contributed by atoms with van der Waals surface area (Å²) in [4.78, 5) is 41.4. The average Bonchev–Trinajstić information content (AvgIpc) is 3.11. The van der Waals surface area contributed by atoms with Crippen LogP contribution in [0.25, 0.3) is 0 Å². The summed E-state index contributed by atoms with van der Waals surface area (Å²) in [5.41, 5.74) is 0.974. The van der Waals surface area contributed by atoms with Crippen LogP contribution in [-0.2, 0) is 14.3 Å². The molecule has 0 aliphatic carbocycles. The van der Waals surface area contributed by atoms with Crippen LogP contribution in [0.15, 0.2) is 29.3 Å². The van der Waals surface area contributed by atoms with Crippen LogP contribution in [0.3, 0.4) is 0 Å². The maximum absolute atomic E-state index is 12.1. The molecule has 2 aliphatic rings. The van der Waals surface area contributed by atoms with Gasteiger partial charge < -0.3 is 10.1 Å². The predicted molar refractivity (Wildman–Crippen MR) is 86.4 cm³/mol. The third kappa shape index (κ3) is 3.21. The van der Waals surface area contributed by atoms with Crippen molar-refractivity contribution in [2.45, 2.75) is 11.7 Å². The molecule has 23 heavy (non-hydrogen) atoms. The predicted octanol–water partition coefficient (Wildman–Crippen LogP) is 1.12. The van der Waals surface area contributed by atoms with Gasteiger partial charge in [-0.05, 0) is 24.3 Å². The molecule has 0 aromatic heterocycles. The van der Waals surface area contributed by atoms with Gasteiger partial charge in [-0.25, -0.2) is 4.79 Å². The van der Waals surface area contributed by atoms with Crippen molar-refractivity contribution in [1.82, 2.24) is 4.90 Å². The number of nitrogens with one attached hydrogen (secondary N) is 1. The number of amides is 2. The second kappa shape index (κ2) is 6.41. The Kier molecular flexibility index (Phi) is 4.33. The zero-order valence-corrected chi connectivity index (χ0v) is 13.3. The number of amidine groups is 1. The summed E-state index contributed by atoms with van der Waals surface area (Å²) in [6.07, 6.45) is 0.0950. The molecule has 2 amide bonds. The van der Waals surface area contributed by atoms with E-state index in [1.54, 1.807) is 29.2 Å². The highest BCUT2D eigenvalue weighted by Crippen LogP contribution is 2.31. The van der Waals surface area contributed by atoms with Crippen molar-refractivity contribution in [3.05, 3.63) is 29.8 Å². The number of ether oxygens (including phenoxy) is 1. The monoisotopic (exact) mass is 333 g/mol. The van der Waals surface area contributed by atoms with E-state index in [1.165, 1.54) is 18.9 Å². The molecule has 1 fully saturated rings. The number of nitrogens with zero attached hydrogens (tertiary/aromatic N) is 2. The van der Waals surface area contributed by atoms with Crippen LogP contribution in [0.5, 0.6) is 0 Å². The molecule has 0 radical (unpaired) electrons. The highest BCUT2D eigenvalue weighted by atomic mass is 32.2. The molecule has 8 heteroatoms. The van der Waals surface area contributed by atoms with E-state index in [2.05, 4.69) is 15.0 Å². The molecular formula is C15H15N3O4S. The molecule has 2 aliphatic heterocycles. The minimum atomic E-state index is -0.433. The molecule has 1 aromatic rings. The van der Waals surface area contributed by atoms with Gasteiger partial charge in [0.2, 0.25) is 11.8 Å². The summed E-state index contributed by atoms with van der Waals surface area (Å²) in [6, 6.07) is 6.38. The Morgan fingerprint density at radius 3 is 2.78 bits per heavy atom. The molecule has 0 unspecified atom stereocenters. The highest BCUT2D eigenvalue weighted by Gasteiger charge is 2.40. The van der Waals surface area contributed by atoms with Crippen LogP contribution < -0.4 is 5.32 Å². The van der Waals surface area contributed by atoms with Crippen LogP contribution in [-0.4, -0.2) is 53.3 Å². The minimum absolute atomic E-state index is 0.0533. The molecule has 0 saturated carbocycles. The maximum atomic E-state index is 12.1. The first-order valence-electron chi connectivity index (χ1n) is 7.09. The molecular weight excluding hydrogens is 318 g/mol. The second-order valence-corrected chi connectivity index (χ2v) is 6.25. The number of rotatable bonds is 4. The zero-order chi connectivity index (χ0) is 16.4. The minimum Gasteiger partial charge on any atom is -0.465 e. The van der Waals surface area contributed by atoms with E-state index in [1.807, 2.05) is 0 Å². The zero-order valence-electron chi connectivity index (χ0n) is 12.4. The first-order valence-corrected chi connectivity index (χ1v) is 7.97. The largest absolute Gasteiger partial charge is 0.465 e. The van der Waals surface area contributed by atoms with Gasteiger partial charge in [-0.1, -0.05) is 11.8 Å². The Bertz CT molecular complexity index is 686. The maximum Gasteiger partial charge on any atom is 0.337 e. The second-order valence-electron chi connectivity index (χ2n) is 5.08. The van der Waals surface area contributed by atoms with Gasteiger partial charge in [-0.3, -0.25) is 19.5 Å². The lowest BCUT2D eigenvalue weighted by atomic mass is 10.2. The summed E-state index contributed by atoms with van der Waals surface area (Å²) < 4.78 is 4.61. The van der Waals surface area contributed by atoms with Gasteiger partial charge >= 0.3 is 5.97 Å². The number of carbonyl (C=O) groups is 3. The Balaban J connectivity index is 1.57. The fourth-order valence-electron chi connectivity index (χ4n) is 2.40. The number of carbonyl (C=O) groups excluding carboxylic acids is 3. The van der Waals surface area contributed by atoms with Crippen molar-refractivity contribution >= 4 is 40.4 Å². The number of methoxy groups -OCH3 is 1. The number of hydrogen-bond acceptors (Lipinski definition) is 6. The number of fused-ring (bicyclic) bond motifs is 1. The normalized spacial score (nSPS) is 19.3. The Hall–Kier alpha value is -2.35. The van der Waals surface area contributed by atoms with Crippen LogP contribution in [0.2, 0.25) is 0 Å².